The maximum absolute atomic E-state index is 10.5. The highest BCUT2D eigenvalue weighted by molar-refractivity contribution is 5.70. The van der Waals surface area contributed by atoms with Crippen LogP contribution < -0.4 is 0 Å². The quantitative estimate of drug-likeness (QED) is 0.705. The number of aryl methyl sites for hydroxylation is 1. The third-order valence-corrected chi connectivity index (χ3v) is 4.06. The minimum atomic E-state index is -1.06. The molecule has 0 heterocycles. The Hall–Kier alpha value is -1.91. The standard InChI is InChI=1S/C19H24O4/c20-16(12-17(21)13-19(22)23)10-5-9-15-7-2-1-6-14-8-3-4-11-18(14)15/h3-5,8-11,16-17,20-21H,1-2,6-7,12-13H2,(H,22,23)/b10-5+,15-9+. The summed E-state index contributed by atoms with van der Waals surface area (Å²) in [6.07, 6.45) is 7.66. The molecular formula is C19H24O4. The molecule has 23 heavy (non-hydrogen) atoms. The maximum Gasteiger partial charge on any atom is 0.305 e. The summed E-state index contributed by atoms with van der Waals surface area (Å²) in [4.78, 5) is 10.5. The number of aliphatic hydroxyl groups excluding tert-OH is 2. The Morgan fingerprint density at radius 3 is 2.70 bits per heavy atom. The van der Waals surface area contributed by atoms with E-state index in [1.807, 2.05) is 12.1 Å². The van der Waals surface area contributed by atoms with E-state index in [0.29, 0.717) is 0 Å². The van der Waals surface area contributed by atoms with E-state index in [9.17, 15) is 15.0 Å². The maximum atomic E-state index is 10.5. The van der Waals surface area contributed by atoms with Gasteiger partial charge in [-0.3, -0.25) is 4.79 Å². The number of benzene rings is 1. The molecular weight excluding hydrogens is 292 g/mol. The molecule has 1 aliphatic rings. The lowest BCUT2D eigenvalue weighted by atomic mass is 9.98. The summed E-state index contributed by atoms with van der Waals surface area (Å²) in [5, 5.41) is 28.0. The van der Waals surface area contributed by atoms with Gasteiger partial charge < -0.3 is 15.3 Å². The van der Waals surface area contributed by atoms with Gasteiger partial charge in [0.15, 0.2) is 0 Å². The second kappa shape index (κ2) is 8.65. The van der Waals surface area contributed by atoms with E-state index < -0.39 is 18.2 Å². The van der Waals surface area contributed by atoms with Crippen LogP contribution >= 0.6 is 0 Å². The van der Waals surface area contributed by atoms with E-state index >= 15 is 0 Å². The van der Waals surface area contributed by atoms with Crippen LogP contribution in [-0.2, 0) is 11.2 Å². The molecule has 2 unspecified atom stereocenters. The van der Waals surface area contributed by atoms with Crippen molar-refractivity contribution >= 4 is 11.5 Å². The fourth-order valence-corrected chi connectivity index (χ4v) is 2.93. The molecule has 0 radical (unpaired) electrons. The molecule has 3 N–H and O–H groups in total. The number of rotatable bonds is 6. The third kappa shape index (κ3) is 5.66. The van der Waals surface area contributed by atoms with Gasteiger partial charge in [0.25, 0.3) is 0 Å². The van der Waals surface area contributed by atoms with Crippen molar-refractivity contribution in [1.82, 2.24) is 0 Å². The average Bonchev–Trinajstić information content (AvgIpc) is 2.69. The van der Waals surface area contributed by atoms with Crippen LogP contribution in [0.15, 0.2) is 42.5 Å². The topological polar surface area (TPSA) is 77.8 Å². The predicted molar refractivity (Wildman–Crippen MR) is 90.0 cm³/mol. The lowest BCUT2D eigenvalue weighted by Crippen LogP contribution is -2.19. The molecule has 1 aromatic carbocycles. The van der Waals surface area contributed by atoms with E-state index in [1.54, 1.807) is 12.2 Å². The summed E-state index contributed by atoms with van der Waals surface area (Å²) in [5.74, 6) is -1.06. The summed E-state index contributed by atoms with van der Waals surface area (Å²) < 4.78 is 0. The number of carboxylic acids is 1. The second-order valence-electron chi connectivity index (χ2n) is 6.00. The predicted octanol–water partition coefficient (Wildman–Crippen LogP) is 2.94. The molecule has 0 saturated carbocycles. The largest absolute Gasteiger partial charge is 0.481 e. The summed E-state index contributed by atoms with van der Waals surface area (Å²) in [6.45, 7) is 0. The van der Waals surface area contributed by atoms with Crippen LogP contribution in [0.3, 0.4) is 0 Å². The van der Waals surface area contributed by atoms with Crippen LogP contribution in [0, 0.1) is 0 Å². The van der Waals surface area contributed by atoms with Gasteiger partial charge in [0.2, 0.25) is 0 Å². The van der Waals surface area contributed by atoms with Crippen molar-refractivity contribution in [2.75, 3.05) is 0 Å². The Bertz CT molecular complexity index is 589. The van der Waals surface area contributed by atoms with Crippen LogP contribution in [0.4, 0.5) is 0 Å². The van der Waals surface area contributed by atoms with E-state index in [2.05, 4.69) is 18.2 Å². The molecule has 2 rings (SSSR count). The van der Waals surface area contributed by atoms with E-state index in [0.717, 1.165) is 19.3 Å². The third-order valence-electron chi connectivity index (χ3n) is 4.06. The molecule has 1 aliphatic carbocycles. The zero-order valence-corrected chi connectivity index (χ0v) is 13.2. The second-order valence-corrected chi connectivity index (χ2v) is 6.00. The summed E-state index contributed by atoms with van der Waals surface area (Å²) in [6, 6.07) is 8.40. The van der Waals surface area contributed by atoms with Crippen LogP contribution in [0.25, 0.3) is 5.57 Å². The zero-order valence-electron chi connectivity index (χ0n) is 13.2. The highest BCUT2D eigenvalue weighted by Gasteiger charge is 2.13. The van der Waals surface area contributed by atoms with Gasteiger partial charge in [-0.2, -0.15) is 0 Å². The number of aliphatic hydroxyl groups is 2. The Kier molecular flexibility index (Phi) is 6.56. The fourth-order valence-electron chi connectivity index (χ4n) is 2.93. The lowest BCUT2D eigenvalue weighted by Gasteiger charge is -2.10. The number of carboxylic acid groups (broad SMARTS) is 1. The number of allylic oxidation sites excluding steroid dienone is 3. The molecule has 0 bridgehead atoms. The van der Waals surface area contributed by atoms with Crippen LogP contribution in [0.5, 0.6) is 0 Å². The van der Waals surface area contributed by atoms with Gasteiger partial charge in [-0.05, 0) is 42.4 Å². The number of aliphatic carboxylic acids is 1. The van der Waals surface area contributed by atoms with E-state index in [-0.39, 0.29) is 12.8 Å². The Morgan fingerprint density at radius 2 is 1.91 bits per heavy atom. The molecule has 4 heteroatoms. The molecule has 0 fully saturated rings. The van der Waals surface area contributed by atoms with Crippen molar-refractivity contribution in [1.29, 1.82) is 0 Å². The van der Waals surface area contributed by atoms with Gasteiger partial charge in [0, 0.05) is 6.42 Å². The van der Waals surface area contributed by atoms with Gasteiger partial charge in [-0.25, -0.2) is 0 Å². The fraction of sp³-hybridized carbons (Fsp3) is 0.421. The Balaban J connectivity index is 2.00. The number of hydrogen-bond acceptors (Lipinski definition) is 3. The molecule has 124 valence electrons. The van der Waals surface area contributed by atoms with Gasteiger partial charge in [0.1, 0.15) is 0 Å². The molecule has 0 spiro atoms. The van der Waals surface area contributed by atoms with Crippen molar-refractivity contribution < 1.29 is 20.1 Å². The normalized spacial score (nSPS) is 19.3. The zero-order chi connectivity index (χ0) is 16.7. The van der Waals surface area contributed by atoms with Gasteiger partial charge in [-0.1, -0.05) is 42.5 Å². The minimum absolute atomic E-state index is 0.0303. The Labute approximate surface area is 136 Å². The minimum Gasteiger partial charge on any atom is -0.481 e. The van der Waals surface area contributed by atoms with E-state index in [1.165, 1.54) is 23.1 Å². The highest BCUT2D eigenvalue weighted by Crippen LogP contribution is 2.29. The van der Waals surface area contributed by atoms with Crippen molar-refractivity contribution in [3.8, 4) is 0 Å². The number of fused-ring (bicyclic) bond motifs is 1. The monoisotopic (exact) mass is 316 g/mol. The molecule has 1 aromatic rings. The lowest BCUT2D eigenvalue weighted by molar-refractivity contribution is -0.139. The smallest absolute Gasteiger partial charge is 0.305 e. The van der Waals surface area contributed by atoms with Crippen molar-refractivity contribution in [3.05, 3.63) is 53.6 Å². The number of hydrogen-bond donors (Lipinski definition) is 3. The first-order valence-corrected chi connectivity index (χ1v) is 8.10. The average molecular weight is 316 g/mol. The van der Waals surface area contributed by atoms with Crippen LogP contribution in [-0.4, -0.2) is 33.5 Å². The number of carbonyl (C=O) groups is 1. The molecule has 4 nitrogen and oxygen atoms in total. The first-order valence-electron chi connectivity index (χ1n) is 8.10. The SMILES string of the molecule is O=C(O)CC(O)CC(O)/C=C/C=C1\CCCCc2ccccc21. The van der Waals surface area contributed by atoms with Crippen LogP contribution in [0.2, 0.25) is 0 Å². The molecule has 0 aliphatic heterocycles. The Morgan fingerprint density at radius 1 is 1.17 bits per heavy atom. The van der Waals surface area contributed by atoms with Crippen LogP contribution in [0.1, 0.15) is 43.2 Å². The van der Waals surface area contributed by atoms with E-state index in [4.69, 9.17) is 5.11 Å². The van der Waals surface area contributed by atoms with Gasteiger partial charge in [-0.15, -0.1) is 0 Å². The van der Waals surface area contributed by atoms with Gasteiger partial charge >= 0.3 is 5.97 Å². The summed E-state index contributed by atoms with van der Waals surface area (Å²) in [5.41, 5.74) is 3.89. The summed E-state index contributed by atoms with van der Waals surface area (Å²) >= 11 is 0. The first kappa shape index (κ1) is 17.4. The van der Waals surface area contributed by atoms with Crippen molar-refractivity contribution in [3.63, 3.8) is 0 Å². The van der Waals surface area contributed by atoms with Crippen molar-refractivity contribution in [2.45, 2.75) is 50.7 Å². The molecule has 0 saturated heterocycles. The first-order chi connectivity index (χ1) is 11.1. The highest BCUT2D eigenvalue weighted by atomic mass is 16.4. The summed E-state index contributed by atoms with van der Waals surface area (Å²) in [7, 11) is 0. The molecule has 2 atom stereocenters. The van der Waals surface area contributed by atoms with Crippen molar-refractivity contribution in [2.24, 2.45) is 0 Å². The molecule has 0 aromatic heterocycles. The van der Waals surface area contributed by atoms with Gasteiger partial charge in [0.05, 0.1) is 18.6 Å². The molecule has 0 amide bonds.